The number of hydrogen-bond acceptors (Lipinski definition) is 4. The largest absolute Gasteiger partial charge is 0.391 e. The normalized spacial score (nSPS) is 10.6. The van der Waals surface area contributed by atoms with Crippen LogP contribution in [0.1, 0.15) is 10.6 Å². The highest BCUT2D eigenvalue weighted by Gasteiger charge is 2.07. The van der Waals surface area contributed by atoms with Gasteiger partial charge < -0.3 is 5.11 Å². The molecule has 0 radical (unpaired) electrons. The van der Waals surface area contributed by atoms with Crippen LogP contribution >= 0.6 is 11.3 Å². The van der Waals surface area contributed by atoms with Crippen molar-refractivity contribution in [2.45, 2.75) is 13.5 Å². The molecule has 2 aromatic rings. The van der Waals surface area contributed by atoms with Crippen molar-refractivity contribution in [1.82, 2.24) is 14.8 Å². The molecule has 0 bridgehead atoms. The van der Waals surface area contributed by atoms with E-state index in [0.717, 1.165) is 15.7 Å². The molecule has 0 aromatic carbocycles. The molecule has 0 aliphatic carbocycles. The second kappa shape index (κ2) is 3.27. The molecule has 4 nitrogen and oxygen atoms in total. The Morgan fingerprint density at radius 2 is 2.46 bits per heavy atom. The number of hydrogen-bond donors (Lipinski definition) is 1. The third kappa shape index (κ3) is 1.48. The molecule has 5 heteroatoms. The van der Waals surface area contributed by atoms with Crippen LogP contribution in [0.2, 0.25) is 0 Å². The highest BCUT2D eigenvalue weighted by atomic mass is 32.1. The number of nitrogens with zero attached hydrogens (tertiary/aromatic N) is 3. The maximum Gasteiger partial charge on any atom is 0.210 e. The molecule has 1 N–H and O–H groups in total. The molecule has 2 heterocycles. The molecule has 13 heavy (non-hydrogen) atoms. The molecule has 0 atom stereocenters. The Morgan fingerprint density at radius 3 is 3.00 bits per heavy atom. The average molecular weight is 195 g/mol. The van der Waals surface area contributed by atoms with E-state index in [2.05, 4.69) is 10.1 Å². The monoisotopic (exact) mass is 195 g/mol. The number of thiazole rings is 1. The molecule has 2 aromatic heterocycles. The maximum atomic E-state index is 8.97. The Kier molecular flexibility index (Phi) is 2.12. The minimum Gasteiger partial charge on any atom is -0.391 e. The first-order valence-corrected chi connectivity index (χ1v) is 4.70. The second-order valence-corrected chi connectivity index (χ2v) is 3.68. The molecule has 0 unspecified atom stereocenters. The Labute approximate surface area is 79.5 Å². The summed E-state index contributed by atoms with van der Waals surface area (Å²) in [5.74, 6) is 0. The van der Waals surface area contributed by atoms with Crippen LogP contribution in [0.3, 0.4) is 0 Å². The van der Waals surface area contributed by atoms with Crippen LogP contribution < -0.4 is 0 Å². The fourth-order valence-corrected chi connectivity index (χ4v) is 1.90. The summed E-state index contributed by atoms with van der Waals surface area (Å²) in [5.41, 5.74) is 0.873. The van der Waals surface area contributed by atoms with Crippen molar-refractivity contribution in [3.63, 3.8) is 0 Å². The van der Waals surface area contributed by atoms with Crippen LogP contribution in [0.4, 0.5) is 0 Å². The van der Waals surface area contributed by atoms with Gasteiger partial charge in [0.25, 0.3) is 0 Å². The number of aliphatic hydroxyl groups excluding tert-OH is 1. The number of aryl methyl sites for hydroxylation is 1. The van der Waals surface area contributed by atoms with Gasteiger partial charge in [-0.3, -0.25) is 0 Å². The zero-order valence-corrected chi connectivity index (χ0v) is 7.95. The van der Waals surface area contributed by atoms with Crippen LogP contribution in [-0.4, -0.2) is 19.9 Å². The molecular weight excluding hydrogens is 186 g/mol. The lowest BCUT2D eigenvalue weighted by Crippen LogP contribution is -1.92. The average Bonchev–Trinajstić information content (AvgIpc) is 2.71. The fourth-order valence-electron chi connectivity index (χ4n) is 1.04. The SMILES string of the molecule is Cc1nc(-n2cccn2)sc1CO. The molecule has 0 aliphatic rings. The summed E-state index contributed by atoms with van der Waals surface area (Å²) in [6.45, 7) is 1.93. The van der Waals surface area contributed by atoms with Crippen molar-refractivity contribution in [3.05, 3.63) is 29.0 Å². The van der Waals surface area contributed by atoms with Crippen molar-refractivity contribution in [1.29, 1.82) is 0 Å². The van der Waals surface area contributed by atoms with E-state index in [1.807, 2.05) is 19.2 Å². The van der Waals surface area contributed by atoms with E-state index >= 15 is 0 Å². The smallest absolute Gasteiger partial charge is 0.210 e. The molecule has 0 amide bonds. The zero-order chi connectivity index (χ0) is 9.26. The Bertz CT molecular complexity index is 393. The topological polar surface area (TPSA) is 50.9 Å². The van der Waals surface area contributed by atoms with Crippen LogP contribution in [-0.2, 0) is 6.61 Å². The summed E-state index contributed by atoms with van der Waals surface area (Å²) < 4.78 is 1.69. The summed E-state index contributed by atoms with van der Waals surface area (Å²) in [6.07, 6.45) is 3.54. The van der Waals surface area contributed by atoms with Crippen molar-refractivity contribution < 1.29 is 5.11 Å². The summed E-state index contributed by atoms with van der Waals surface area (Å²) in [4.78, 5) is 5.18. The maximum absolute atomic E-state index is 8.97. The minimum absolute atomic E-state index is 0.0464. The molecule has 0 saturated heterocycles. The van der Waals surface area contributed by atoms with Gasteiger partial charge in [0, 0.05) is 12.4 Å². The van der Waals surface area contributed by atoms with Crippen LogP contribution in [0.15, 0.2) is 18.5 Å². The molecule has 0 fully saturated rings. The predicted octanol–water partition coefficient (Wildman–Crippen LogP) is 1.13. The molecular formula is C8H9N3OS. The molecule has 2 rings (SSSR count). The van der Waals surface area contributed by atoms with Gasteiger partial charge in [-0.25, -0.2) is 9.67 Å². The van der Waals surface area contributed by atoms with E-state index in [1.165, 1.54) is 11.3 Å². The summed E-state index contributed by atoms with van der Waals surface area (Å²) in [7, 11) is 0. The summed E-state index contributed by atoms with van der Waals surface area (Å²) in [5, 5.41) is 13.8. The Hall–Kier alpha value is -1.20. The van der Waals surface area contributed by atoms with Gasteiger partial charge in [0.05, 0.1) is 17.2 Å². The van der Waals surface area contributed by atoms with Gasteiger partial charge in [0.2, 0.25) is 5.13 Å². The third-order valence-corrected chi connectivity index (χ3v) is 2.86. The van der Waals surface area contributed by atoms with Crippen molar-refractivity contribution in [3.8, 4) is 5.13 Å². The van der Waals surface area contributed by atoms with E-state index in [0.29, 0.717) is 0 Å². The van der Waals surface area contributed by atoms with Crippen molar-refractivity contribution in [2.24, 2.45) is 0 Å². The lowest BCUT2D eigenvalue weighted by molar-refractivity contribution is 0.284. The van der Waals surface area contributed by atoms with Crippen LogP contribution in [0.5, 0.6) is 0 Å². The van der Waals surface area contributed by atoms with Gasteiger partial charge >= 0.3 is 0 Å². The van der Waals surface area contributed by atoms with Crippen molar-refractivity contribution >= 4 is 11.3 Å². The highest BCUT2D eigenvalue weighted by molar-refractivity contribution is 7.14. The molecule has 0 spiro atoms. The quantitative estimate of drug-likeness (QED) is 0.781. The molecule has 0 aliphatic heterocycles. The van der Waals surface area contributed by atoms with E-state index < -0.39 is 0 Å². The summed E-state index contributed by atoms with van der Waals surface area (Å²) >= 11 is 1.46. The van der Waals surface area contributed by atoms with E-state index in [1.54, 1.807) is 10.9 Å². The van der Waals surface area contributed by atoms with E-state index in [9.17, 15) is 0 Å². The van der Waals surface area contributed by atoms with Gasteiger partial charge in [0.1, 0.15) is 0 Å². The molecule has 0 saturated carbocycles. The predicted molar refractivity (Wildman–Crippen MR) is 49.9 cm³/mol. The van der Waals surface area contributed by atoms with Gasteiger partial charge in [0.15, 0.2) is 0 Å². The number of rotatable bonds is 2. The van der Waals surface area contributed by atoms with Gasteiger partial charge in [-0.1, -0.05) is 11.3 Å². The van der Waals surface area contributed by atoms with Gasteiger partial charge in [-0.05, 0) is 13.0 Å². The lowest BCUT2D eigenvalue weighted by Gasteiger charge is -1.90. The minimum atomic E-state index is 0.0464. The second-order valence-electron chi connectivity index (χ2n) is 2.61. The summed E-state index contributed by atoms with van der Waals surface area (Å²) in [6, 6.07) is 1.84. The van der Waals surface area contributed by atoms with Crippen LogP contribution in [0, 0.1) is 6.92 Å². The van der Waals surface area contributed by atoms with E-state index in [4.69, 9.17) is 5.11 Å². The van der Waals surface area contributed by atoms with Crippen molar-refractivity contribution in [2.75, 3.05) is 0 Å². The zero-order valence-electron chi connectivity index (χ0n) is 7.14. The Morgan fingerprint density at radius 1 is 1.62 bits per heavy atom. The first kappa shape index (κ1) is 8.40. The van der Waals surface area contributed by atoms with Gasteiger partial charge in [-0.15, -0.1) is 0 Å². The fraction of sp³-hybridized carbons (Fsp3) is 0.250. The molecule has 68 valence electrons. The first-order valence-electron chi connectivity index (χ1n) is 3.88. The first-order chi connectivity index (χ1) is 6.31. The number of aliphatic hydroxyl groups is 1. The van der Waals surface area contributed by atoms with Crippen LogP contribution in [0.25, 0.3) is 5.13 Å². The highest BCUT2D eigenvalue weighted by Crippen LogP contribution is 2.20. The van der Waals surface area contributed by atoms with Gasteiger partial charge in [-0.2, -0.15) is 5.10 Å². The van der Waals surface area contributed by atoms with E-state index in [-0.39, 0.29) is 6.61 Å². The standard InChI is InChI=1S/C8H9N3OS/c1-6-7(5-12)13-8(10-6)11-4-2-3-9-11/h2-4,12H,5H2,1H3. The lowest BCUT2D eigenvalue weighted by atomic mass is 10.4. The number of aromatic nitrogens is 3. The third-order valence-electron chi connectivity index (χ3n) is 1.73. The Balaban J connectivity index is 2.43.